The highest BCUT2D eigenvalue weighted by Crippen LogP contribution is 2.18. The number of carbonyl (C=O) groups is 3. The minimum absolute atomic E-state index is 0.0423. The lowest BCUT2D eigenvalue weighted by Crippen LogP contribution is -2.60. The van der Waals surface area contributed by atoms with Crippen molar-refractivity contribution in [3.05, 3.63) is 24.3 Å². The molecule has 1 aliphatic heterocycles. The van der Waals surface area contributed by atoms with E-state index in [4.69, 9.17) is 4.74 Å². The lowest BCUT2D eigenvalue weighted by Gasteiger charge is -2.41. The molecule has 4 amide bonds. The van der Waals surface area contributed by atoms with Gasteiger partial charge in [-0.3, -0.25) is 9.59 Å². The molecule has 2 atom stereocenters. The molecule has 0 radical (unpaired) electrons. The van der Waals surface area contributed by atoms with Crippen molar-refractivity contribution in [3.63, 3.8) is 0 Å². The summed E-state index contributed by atoms with van der Waals surface area (Å²) in [4.78, 5) is 42.2. The first-order valence-corrected chi connectivity index (χ1v) is 12.6. The van der Waals surface area contributed by atoms with Crippen LogP contribution in [0.25, 0.3) is 0 Å². The first-order chi connectivity index (χ1) is 16.3. The van der Waals surface area contributed by atoms with Crippen LogP contribution in [0, 0.1) is 5.92 Å². The van der Waals surface area contributed by atoms with Crippen LogP contribution in [0.5, 0.6) is 5.75 Å². The van der Waals surface area contributed by atoms with Crippen molar-refractivity contribution in [1.29, 1.82) is 0 Å². The van der Waals surface area contributed by atoms with Crippen LogP contribution in [0.1, 0.15) is 66.2 Å². The Morgan fingerprint density at radius 1 is 1.12 bits per heavy atom. The van der Waals surface area contributed by atoms with Gasteiger partial charge in [0.1, 0.15) is 11.8 Å². The van der Waals surface area contributed by atoms with Crippen molar-refractivity contribution >= 4 is 23.5 Å². The van der Waals surface area contributed by atoms with Crippen LogP contribution in [0.2, 0.25) is 0 Å². The summed E-state index contributed by atoms with van der Waals surface area (Å²) in [6, 6.07) is 5.92. The van der Waals surface area contributed by atoms with E-state index in [9.17, 15) is 14.4 Å². The molecule has 34 heavy (non-hydrogen) atoms. The summed E-state index contributed by atoms with van der Waals surface area (Å²) < 4.78 is 5.19. The highest BCUT2D eigenvalue weighted by atomic mass is 16.5. The third kappa shape index (κ3) is 8.22. The smallest absolute Gasteiger partial charge is 0.319 e. The molecule has 1 aromatic rings. The number of hydrogen-bond acceptors (Lipinski definition) is 4. The van der Waals surface area contributed by atoms with Crippen LogP contribution in [0.15, 0.2) is 24.3 Å². The zero-order valence-corrected chi connectivity index (χ0v) is 21.4. The Balaban J connectivity index is 1.89. The molecule has 8 nitrogen and oxygen atoms in total. The van der Waals surface area contributed by atoms with E-state index in [2.05, 4.69) is 17.6 Å². The second kappa shape index (κ2) is 13.8. The molecule has 190 valence electrons. The third-order valence-corrected chi connectivity index (χ3v) is 6.30. The van der Waals surface area contributed by atoms with E-state index in [1.165, 1.54) is 19.3 Å². The molecule has 1 fully saturated rings. The Hall–Kier alpha value is -2.77. The maximum absolute atomic E-state index is 13.3. The highest BCUT2D eigenvalue weighted by Gasteiger charge is 2.34. The van der Waals surface area contributed by atoms with E-state index in [-0.39, 0.29) is 23.8 Å². The first kappa shape index (κ1) is 27.5. The van der Waals surface area contributed by atoms with Crippen LogP contribution in [-0.2, 0) is 9.59 Å². The highest BCUT2D eigenvalue weighted by molar-refractivity contribution is 5.94. The first-order valence-electron chi connectivity index (χ1n) is 12.6. The Morgan fingerprint density at radius 2 is 1.85 bits per heavy atom. The van der Waals surface area contributed by atoms with Crippen LogP contribution in [0.4, 0.5) is 10.5 Å². The van der Waals surface area contributed by atoms with Crippen LogP contribution < -0.4 is 15.4 Å². The quantitative estimate of drug-likeness (QED) is 0.469. The Labute approximate surface area is 204 Å². The molecule has 0 saturated carbocycles. The Morgan fingerprint density at radius 3 is 2.50 bits per heavy atom. The molecule has 0 aliphatic carbocycles. The third-order valence-electron chi connectivity index (χ3n) is 6.30. The number of piperazine rings is 1. The molecule has 8 heteroatoms. The largest absolute Gasteiger partial charge is 0.497 e. The number of methoxy groups -OCH3 is 1. The van der Waals surface area contributed by atoms with Crippen LogP contribution in [-0.4, -0.2) is 66.5 Å². The van der Waals surface area contributed by atoms with Gasteiger partial charge >= 0.3 is 6.03 Å². The van der Waals surface area contributed by atoms with Gasteiger partial charge in [-0.25, -0.2) is 4.79 Å². The number of nitrogens with one attached hydrogen (secondary N) is 2. The summed E-state index contributed by atoms with van der Waals surface area (Å²) in [6.07, 6.45) is 6.17. The van der Waals surface area contributed by atoms with Crippen LogP contribution in [0.3, 0.4) is 0 Å². The lowest BCUT2D eigenvalue weighted by molar-refractivity contribution is -0.144. The van der Waals surface area contributed by atoms with E-state index in [0.717, 1.165) is 12.8 Å². The summed E-state index contributed by atoms with van der Waals surface area (Å²) >= 11 is 0. The molecule has 0 spiro atoms. The van der Waals surface area contributed by atoms with Gasteiger partial charge in [-0.05, 0) is 31.4 Å². The molecule has 2 N–H and O–H groups in total. The van der Waals surface area contributed by atoms with Crippen molar-refractivity contribution in [2.75, 3.05) is 32.1 Å². The van der Waals surface area contributed by atoms with Crippen molar-refractivity contribution in [2.45, 2.75) is 78.3 Å². The fourth-order valence-corrected chi connectivity index (χ4v) is 4.27. The summed E-state index contributed by atoms with van der Waals surface area (Å²) in [5.41, 5.74) is 0.585. The van der Waals surface area contributed by atoms with Gasteiger partial charge in [-0.1, -0.05) is 52.5 Å². The standard InChI is InChI=1S/C26H42N4O4/c1-6-7-8-9-10-14-23(31)30-16-15-29(18-20(30)4)25(32)24(19(2)3)28-26(33)27-21-12-11-13-22(17-21)34-5/h11-13,17,19-20,24H,6-10,14-16,18H2,1-5H3,(H2,27,28,33). The molecule has 1 aliphatic rings. The summed E-state index contributed by atoms with van der Waals surface area (Å²) in [7, 11) is 1.56. The average Bonchev–Trinajstić information content (AvgIpc) is 2.81. The van der Waals surface area contributed by atoms with Gasteiger partial charge in [0.15, 0.2) is 0 Å². The normalized spacial score (nSPS) is 16.8. The lowest BCUT2D eigenvalue weighted by atomic mass is 10.0. The number of carbonyl (C=O) groups excluding carboxylic acids is 3. The van der Waals surface area contributed by atoms with Gasteiger partial charge in [0, 0.05) is 43.9 Å². The van der Waals surface area contributed by atoms with Gasteiger partial charge in [0.05, 0.1) is 7.11 Å². The monoisotopic (exact) mass is 474 g/mol. The molecule has 1 heterocycles. The number of nitrogens with zero attached hydrogens (tertiary/aromatic N) is 2. The number of benzene rings is 1. The molecule has 1 saturated heterocycles. The number of rotatable bonds is 11. The topological polar surface area (TPSA) is 91.0 Å². The summed E-state index contributed by atoms with van der Waals surface area (Å²) in [6.45, 7) is 9.48. The maximum atomic E-state index is 13.3. The summed E-state index contributed by atoms with van der Waals surface area (Å²) in [5.74, 6) is 0.611. The van der Waals surface area contributed by atoms with Gasteiger partial charge in [-0.2, -0.15) is 0 Å². The fourth-order valence-electron chi connectivity index (χ4n) is 4.27. The van der Waals surface area contributed by atoms with Crippen molar-refractivity contribution in [2.24, 2.45) is 5.92 Å². The van der Waals surface area contributed by atoms with E-state index >= 15 is 0 Å². The Kier molecular flexibility index (Phi) is 11.2. The molecular weight excluding hydrogens is 432 g/mol. The number of ether oxygens (including phenoxy) is 1. The van der Waals surface area contributed by atoms with Crippen molar-refractivity contribution < 1.29 is 19.1 Å². The van der Waals surface area contributed by atoms with Crippen LogP contribution >= 0.6 is 0 Å². The number of hydrogen-bond donors (Lipinski definition) is 2. The minimum Gasteiger partial charge on any atom is -0.497 e. The number of anilines is 1. The predicted molar refractivity (Wildman–Crippen MR) is 135 cm³/mol. The predicted octanol–water partition coefficient (Wildman–Crippen LogP) is 4.26. The zero-order chi connectivity index (χ0) is 25.1. The molecule has 2 unspecified atom stereocenters. The van der Waals surface area contributed by atoms with Crippen molar-refractivity contribution in [1.82, 2.24) is 15.1 Å². The summed E-state index contributed by atoms with van der Waals surface area (Å²) in [5, 5.41) is 5.60. The van der Waals surface area contributed by atoms with Gasteiger partial charge in [0.2, 0.25) is 11.8 Å². The number of unbranched alkanes of at least 4 members (excludes halogenated alkanes) is 4. The second-order valence-electron chi connectivity index (χ2n) is 9.44. The second-order valence-corrected chi connectivity index (χ2v) is 9.44. The van der Waals surface area contributed by atoms with Gasteiger partial charge in [0.25, 0.3) is 0 Å². The van der Waals surface area contributed by atoms with E-state index < -0.39 is 12.1 Å². The number of urea groups is 1. The number of amides is 4. The zero-order valence-electron chi connectivity index (χ0n) is 21.4. The van der Waals surface area contributed by atoms with E-state index in [0.29, 0.717) is 37.5 Å². The molecule has 0 bridgehead atoms. The Bertz CT molecular complexity index is 814. The van der Waals surface area contributed by atoms with Gasteiger partial charge in [-0.15, -0.1) is 0 Å². The molecular formula is C26H42N4O4. The van der Waals surface area contributed by atoms with E-state index in [1.807, 2.05) is 25.7 Å². The van der Waals surface area contributed by atoms with Gasteiger partial charge < -0.3 is 25.2 Å². The molecule has 0 aromatic heterocycles. The molecule has 1 aromatic carbocycles. The van der Waals surface area contributed by atoms with E-state index in [1.54, 1.807) is 36.3 Å². The fraction of sp³-hybridized carbons (Fsp3) is 0.654. The minimum atomic E-state index is -0.654. The average molecular weight is 475 g/mol. The SMILES string of the molecule is CCCCCCCC(=O)N1CCN(C(=O)C(NC(=O)Nc2cccc(OC)c2)C(C)C)CC1C. The maximum Gasteiger partial charge on any atom is 0.319 e. The van der Waals surface area contributed by atoms with Crippen molar-refractivity contribution in [3.8, 4) is 5.75 Å². The molecule has 2 rings (SSSR count).